The summed E-state index contributed by atoms with van der Waals surface area (Å²) < 4.78 is 24.9. The number of hydrogen-bond acceptors (Lipinski definition) is 10. The summed E-state index contributed by atoms with van der Waals surface area (Å²) in [6.07, 6.45) is 8.92. The van der Waals surface area contributed by atoms with Gasteiger partial charge in [0.05, 0.1) is 18.2 Å². The Bertz CT molecular complexity index is 1560. The van der Waals surface area contributed by atoms with E-state index in [4.69, 9.17) is 23.8 Å². The number of ether oxygens (including phenoxy) is 4. The van der Waals surface area contributed by atoms with Crippen LogP contribution in [0.1, 0.15) is 66.8 Å². The number of aliphatic hydroxyl groups excluding tert-OH is 2. The van der Waals surface area contributed by atoms with Gasteiger partial charge >= 0.3 is 0 Å². The van der Waals surface area contributed by atoms with Crippen LogP contribution >= 0.6 is 0 Å². The van der Waals surface area contributed by atoms with Gasteiger partial charge in [0, 0.05) is 43.7 Å². The van der Waals surface area contributed by atoms with E-state index < -0.39 is 17.7 Å². The molecule has 48 heavy (non-hydrogen) atoms. The highest BCUT2D eigenvalue weighted by atomic mass is 16.7. The van der Waals surface area contributed by atoms with Crippen LogP contribution in [0, 0.1) is 17.8 Å². The molecule has 3 N–H and O–H groups in total. The molecule has 258 valence electrons. The summed E-state index contributed by atoms with van der Waals surface area (Å²) in [5.41, 5.74) is 2.94. The smallest absolute Gasteiger partial charge is 0.254 e. The summed E-state index contributed by atoms with van der Waals surface area (Å²) in [6.45, 7) is 4.42. The van der Waals surface area contributed by atoms with Gasteiger partial charge in [0.25, 0.3) is 5.91 Å². The molecule has 2 aromatic rings. The maximum Gasteiger partial charge on any atom is 0.254 e. The molecule has 0 spiro atoms. The number of phenolic OH excluding ortho intramolecular Hbond substituents is 1. The van der Waals surface area contributed by atoms with Crippen LogP contribution < -0.4 is 14.2 Å². The van der Waals surface area contributed by atoms with Crippen LogP contribution in [-0.2, 0) is 9.57 Å². The molecule has 6 atom stereocenters. The first kappa shape index (κ1) is 33.8. The van der Waals surface area contributed by atoms with Gasteiger partial charge in [0.2, 0.25) is 12.6 Å². The largest absolute Gasteiger partial charge is 0.508 e. The second kappa shape index (κ2) is 14.6. The highest BCUT2D eigenvalue weighted by Crippen LogP contribution is 2.61. The highest BCUT2D eigenvalue weighted by molar-refractivity contribution is 6.03. The molecule has 0 saturated heterocycles. The number of carbonyl (C=O) groups excluding carboxylic acids is 1. The fourth-order valence-electron chi connectivity index (χ4n) is 8.22. The molecule has 0 radical (unpaired) electrons. The number of oxime groups is 1. The van der Waals surface area contributed by atoms with Gasteiger partial charge in [-0.2, -0.15) is 0 Å². The first-order valence-electron chi connectivity index (χ1n) is 16.8. The number of carbonyl (C=O) groups is 1. The van der Waals surface area contributed by atoms with E-state index in [1.165, 1.54) is 7.11 Å². The van der Waals surface area contributed by atoms with Crippen molar-refractivity contribution in [3.8, 4) is 23.0 Å². The van der Waals surface area contributed by atoms with Gasteiger partial charge in [-0.15, -0.1) is 6.58 Å². The van der Waals surface area contributed by atoms with Crippen molar-refractivity contribution in [2.24, 2.45) is 22.9 Å². The molecule has 1 fully saturated rings. The van der Waals surface area contributed by atoms with Crippen LogP contribution in [0.3, 0.4) is 0 Å². The first-order chi connectivity index (χ1) is 23.4. The molecule has 0 aromatic heterocycles. The van der Waals surface area contributed by atoms with Gasteiger partial charge in [0.1, 0.15) is 24.7 Å². The maximum absolute atomic E-state index is 14.3. The zero-order valence-electron chi connectivity index (χ0n) is 27.7. The van der Waals surface area contributed by atoms with Gasteiger partial charge in [-0.3, -0.25) is 4.79 Å². The van der Waals surface area contributed by atoms with Crippen LogP contribution in [0.25, 0.3) is 0 Å². The average molecular weight is 663 g/mol. The Morgan fingerprint density at radius 2 is 1.81 bits per heavy atom. The summed E-state index contributed by atoms with van der Waals surface area (Å²) in [7, 11) is 3.27. The first-order valence-corrected chi connectivity index (χ1v) is 16.8. The van der Waals surface area contributed by atoms with Crippen molar-refractivity contribution in [3.63, 3.8) is 0 Å². The number of unbranched alkanes of at least 4 members (excludes halogenated alkanes) is 2. The molecular formula is C37H46N2O9. The maximum atomic E-state index is 14.3. The summed E-state index contributed by atoms with van der Waals surface area (Å²) in [5, 5.41) is 34.6. The van der Waals surface area contributed by atoms with Crippen molar-refractivity contribution >= 4 is 11.6 Å². The van der Waals surface area contributed by atoms with Crippen LogP contribution in [0.15, 0.2) is 65.9 Å². The van der Waals surface area contributed by atoms with Gasteiger partial charge in [-0.1, -0.05) is 30.1 Å². The Kier molecular flexibility index (Phi) is 10.3. The minimum atomic E-state index is -1.35. The average Bonchev–Trinajstić information content (AvgIpc) is 3.57. The Balaban J connectivity index is 1.53. The summed E-state index contributed by atoms with van der Waals surface area (Å²) in [5.74, 6) is -0.221. The minimum absolute atomic E-state index is 0.0811. The predicted octanol–water partition coefficient (Wildman–Crippen LogP) is 5.16. The lowest BCUT2D eigenvalue weighted by atomic mass is 9.55. The monoisotopic (exact) mass is 662 g/mol. The Morgan fingerprint density at radius 3 is 2.56 bits per heavy atom. The molecule has 6 unspecified atom stereocenters. The van der Waals surface area contributed by atoms with E-state index in [2.05, 4.69) is 17.8 Å². The van der Waals surface area contributed by atoms with E-state index in [1.54, 1.807) is 54.4 Å². The number of phenols is 1. The Labute approximate surface area is 281 Å². The second-order valence-electron chi connectivity index (χ2n) is 13.0. The predicted molar refractivity (Wildman–Crippen MR) is 178 cm³/mol. The molecule has 0 bridgehead atoms. The normalized spacial score (nSPS) is 27.4. The number of allylic oxidation sites excluding steroid dienone is 1. The van der Waals surface area contributed by atoms with Crippen LogP contribution in [0.4, 0.5) is 0 Å². The van der Waals surface area contributed by atoms with Gasteiger partial charge in [0.15, 0.2) is 11.5 Å². The van der Waals surface area contributed by atoms with Crippen LogP contribution in [0.5, 0.6) is 23.0 Å². The molecular weight excluding hydrogens is 616 g/mol. The number of aliphatic hydroxyl groups is 2. The highest BCUT2D eigenvalue weighted by Gasteiger charge is 2.65. The molecule has 2 aliphatic heterocycles. The Morgan fingerprint density at radius 1 is 1.06 bits per heavy atom. The number of nitrogens with zero attached hydrogens (tertiary/aromatic N) is 2. The van der Waals surface area contributed by atoms with E-state index in [1.807, 2.05) is 0 Å². The number of likely N-dealkylation sites (N-methyl/N-ethyl adjacent to an activating group) is 1. The standard InChI is InChI=1S/C37H46N2O9/c1-4-17-47-37-33(39(2)36(43)24-11-13-31-32(19-24)46-22-45-31)21-29(38-44-3)27-18-23(9-5-7-15-40)26(10-6-8-16-41)34(35(27)37)28-20-25(42)12-14-30(28)48-37/h4,11-14,18-20,23,26,33-35,40-42H,1,5-10,15-17,21-22H2,2-3H3. The molecule has 2 aliphatic carbocycles. The third kappa shape index (κ3) is 6.15. The topological polar surface area (TPSA) is 140 Å². The third-order valence-electron chi connectivity index (χ3n) is 10.3. The van der Waals surface area contributed by atoms with Crippen molar-refractivity contribution in [1.29, 1.82) is 0 Å². The summed E-state index contributed by atoms with van der Waals surface area (Å²) >= 11 is 0. The molecule has 1 saturated carbocycles. The van der Waals surface area contributed by atoms with Gasteiger partial charge < -0.3 is 44.0 Å². The lowest BCUT2D eigenvalue weighted by molar-refractivity contribution is -0.252. The van der Waals surface area contributed by atoms with E-state index in [0.717, 1.165) is 36.8 Å². The fraction of sp³-hybridized carbons (Fsp3) is 0.514. The second-order valence-corrected chi connectivity index (χ2v) is 13.0. The van der Waals surface area contributed by atoms with Crippen molar-refractivity contribution in [1.82, 2.24) is 4.90 Å². The lowest BCUT2D eigenvalue weighted by Gasteiger charge is -2.59. The van der Waals surface area contributed by atoms with E-state index >= 15 is 0 Å². The van der Waals surface area contributed by atoms with E-state index in [9.17, 15) is 20.1 Å². The fourth-order valence-corrected chi connectivity index (χ4v) is 8.22. The molecule has 11 heteroatoms. The minimum Gasteiger partial charge on any atom is -0.508 e. The van der Waals surface area contributed by atoms with E-state index in [-0.39, 0.29) is 56.0 Å². The molecule has 2 heterocycles. The summed E-state index contributed by atoms with van der Waals surface area (Å²) in [6, 6.07) is 9.66. The molecule has 2 aromatic carbocycles. The lowest BCUT2D eigenvalue weighted by Crippen LogP contribution is -2.69. The number of amides is 1. The quantitative estimate of drug-likeness (QED) is 0.142. The number of rotatable bonds is 14. The molecule has 11 nitrogen and oxygen atoms in total. The molecule has 6 rings (SSSR count). The van der Waals surface area contributed by atoms with Gasteiger partial charge in [-0.05, 0) is 79.5 Å². The molecule has 1 amide bonds. The zero-order chi connectivity index (χ0) is 33.8. The number of aromatic hydroxyl groups is 1. The van der Waals surface area contributed by atoms with Crippen LogP contribution in [0.2, 0.25) is 0 Å². The Hall–Kier alpha value is -4.06. The van der Waals surface area contributed by atoms with E-state index in [0.29, 0.717) is 47.8 Å². The number of hydrogen-bond donors (Lipinski definition) is 3. The van der Waals surface area contributed by atoms with Crippen LogP contribution in [-0.4, -0.2) is 84.4 Å². The number of benzene rings is 2. The SMILES string of the molecule is C=CCOC12Oc3ccc(O)cc3C3C(CCCCO)C(CCCCO)C=C(C(=NOC)CC1N(C)C(=O)c1ccc4c(c1)OCO4)C32. The van der Waals surface area contributed by atoms with Crippen molar-refractivity contribution in [2.75, 3.05) is 40.8 Å². The third-order valence-corrected chi connectivity index (χ3v) is 10.3. The van der Waals surface area contributed by atoms with Gasteiger partial charge in [-0.25, -0.2) is 0 Å². The zero-order valence-corrected chi connectivity index (χ0v) is 27.7. The summed E-state index contributed by atoms with van der Waals surface area (Å²) in [4.78, 5) is 21.4. The van der Waals surface area contributed by atoms with Crippen molar-refractivity contribution < 1.29 is 43.9 Å². The molecule has 4 aliphatic rings. The van der Waals surface area contributed by atoms with Crippen molar-refractivity contribution in [2.45, 2.75) is 62.7 Å². The van der Waals surface area contributed by atoms with Crippen molar-refractivity contribution in [3.05, 3.63) is 71.8 Å². The number of fused-ring (bicyclic) bond motifs is 3.